The number of nitrogens with two attached hydrogens (primary N) is 1. The Morgan fingerprint density at radius 2 is 1.72 bits per heavy atom. The fourth-order valence-electron chi connectivity index (χ4n) is 2.01. The largest absolute Gasteiger partial charge is 0.494 e. The fourth-order valence-corrected chi connectivity index (χ4v) is 2.01. The fraction of sp³-hybridized carbons (Fsp3) is 0.600. The van der Waals surface area contributed by atoms with E-state index in [2.05, 4.69) is 37.4 Å². The second-order valence-electron chi connectivity index (χ2n) is 4.82. The smallest absolute Gasteiger partial charge is 0.119 e. The van der Waals surface area contributed by atoms with Crippen molar-refractivity contribution >= 4 is 0 Å². The van der Waals surface area contributed by atoms with E-state index in [0.29, 0.717) is 0 Å². The molecule has 1 aromatic rings. The van der Waals surface area contributed by atoms with Crippen molar-refractivity contribution in [3.63, 3.8) is 0 Å². The Labute approximate surface area is 110 Å². The van der Waals surface area contributed by atoms with Crippen LogP contribution in [0, 0.1) is 13.8 Å². The quantitative estimate of drug-likeness (QED) is 0.653. The average molecular weight is 252 g/mol. The zero-order valence-electron chi connectivity index (χ0n) is 11.6. The van der Waals surface area contributed by atoms with Crippen LogP contribution in [0.4, 0.5) is 0 Å². The molecule has 0 radical (unpaired) electrons. The Morgan fingerprint density at radius 3 is 2.39 bits per heavy atom. The molecule has 0 heterocycles. The van der Waals surface area contributed by atoms with Crippen LogP contribution in [-0.2, 0) is 0 Å². The van der Waals surface area contributed by atoms with Crippen LogP contribution in [0.3, 0.4) is 0 Å². The molecule has 102 valence electrons. The van der Waals surface area contributed by atoms with Gasteiger partial charge in [-0.1, -0.05) is 6.07 Å². The van der Waals surface area contributed by atoms with Crippen molar-refractivity contribution in [2.75, 3.05) is 26.3 Å². The Bertz CT molecular complexity index is 319. The highest BCUT2D eigenvalue weighted by molar-refractivity contribution is 5.32. The number of hydrogen-bond acceptors (Lipinski definition) is 2. The normalized spacial score (nSPS) is 10.6. The molecule has 0 saturated carbocycles. The van der Waals surface area contributed by atoms with Crippen molar-refractivity contribution < 1.29 is 15.2 Å². The maximum absolute atomic E-state index is 8.63. The van der Waals surface area contributed by atoms with E-state index in [0.717, 1.165) is 31.9 Å². The minimum absolute atomic E-state index is 0.274. The number of benzene rings is 1. The predicted octanol–water partition coefficient (Wildman–Crippen LogP) is 1.41. The van der Waals surface area contributed by atoms with E-state index in [1.165, 1.54) is 24.0 Å². The summed E-state index contributed by atoms with van der Waals surface area (Å²) in [6.45, 7) is 7.18. The van der Waals surface area contributed by atoms with Crippen molar-refractivity contribution in [1.29, 1.82) is 0 Å². The first-order chi connectivity index (χ1) is 8.72. The van der Waals surface area contributed by atoms with Crippen LogP contribution in [0.2, 0.25) is 0 Å². The van der Waals surface area contributed by atoms with Crippen LogP contribution in [0.25, 0.3) is 0 Å². The summed E-state index contributed by atoms with van der Waals surface area (Å²) in [5.74, 6) is 0.986. The zero-order chi connectivity index (χ0) is 13.2. The van der Waals surface area contributed by atoms with E-state index >= 15 is 0 Å². The van der Waals surface area contributed by atoms with E-state index < -0.39 is 0 Å². The lowest BCUT2D eigenvalue weighted by Crippen LogP contribution is -2.85. The summed E-state index contributed by atoms with van der Waals surface area (Å²) in [6.07, 6.45) is 3.48. The minimum Gasteiger partial charge on any atom is -0.494 e. The SMILES string of the molecule is Cc1cc(C)cc(OCCCCC[NH2+]CCO)c1. The molecule has 3 nitrogen and oxygen atoms in total. The second kappa shape index (κ2) is 8.95. The van der Waals surface area contributed by atoms with Gasteiger partial charge in [0.2, 0.25) is 0 Å². The summed E-state index contributed by atoms with van der Waals surface area (Å²) >= 11 is 0. The van der Waals surface area contributed by atoms with E-state index in [1.807, 2.05) is 0 Å². The molecule has 0 unspecified atom stereocenters. The van der Waals surface area contributed by atoms with Gasteiger partial charge in [0.1, 0.15) is 5.75 Å². The van der Waals surface area contributed by atoms with Crippen molar-refractivity contribution in [1.82, 2.24) is 0 Å². The Hall–Kier alpha value is -1.06. The minimum atomic E-state index is 0.274. The molecule has 0 aliphatic carbocycles. The maximum atomic E-state index is 8.63. The Morgan fingerprint density at radius 1 is 1.00 bits per heavy atom. The summed E-state index contributed by atoms with van der Waals surface area (Å²) < 4.78 is 5.75. The number of unbranched alkanes of at least 4 members (excludes halogenated alkanes) is 2. The number of rotatable bonds is 9. The first kappa shape index (κ1) is 15.0. The summed E-state index contributed by atoms with van der Waals surface area (Å²) in [6, 6.07) is 6.33. The maximum Gasteiger partial charge on any atom is 0.119 e. The molecule has 0 spiro atoms. The average Bonchev–Trinajstić information content (AvgIpc) is 2.31. The molecule has 0 aliphatic rings. The first-order valence-corrected chi connectivity index (χ1v) is 6.86. The highest BCUT2D eigenvalue weighted by atomic mass is 16.5. The molecular formula is C15H26NO2+. The van der Waals surface area contributed by atoms with E-state index in [1.54, 1.807) is 0 Å². The highest BCUT2D eigenvalue weighted by Crippen LogP contribution is 2.16. The van der Waals surface area contributed by atoms with E-state index in [-0.39, 0.29) is 6.61 Å². The van der Waals surface area contributed by atoms with Gasteiger partial charge in [0, 0.05) is 0 Å². The Kier molecular flexibility index (Phi) is 7.46. The molecule has 0 amide bonds. The molecule has 18 heavy (non-hydrogen) atoms. The van der Waals surface area contributed by atoms with Crippen LogP contribution < -0.4 is 10.1 Å². The van der Waals surface area contributed by atoms with E-state index in [9.17, 15) is 0 Å². The van der Waals surface area contributed by atoms with Crippen LogP contribution in [0.15, 0.2) is 18.2 Å². The lowest BCUT2D eigenvalue weighted by molar-refractivity contribution is -0.656. The number of aliphatic hydroxyl groups is 1. The predicted molar refractivity (Wildman–Crippen MR) is 74.0 cm³/mol. The third kappa shape index (κ3) is 6.62. The first-order valence-electron chi connectivity index (χ1n) is 6.86. The summed E-state index contributed by atoms with van der Waals surface area (Å²) in [4.78, 5) is 0. The van der Waals surface area contributed by atoms with Gasteiger partial charge in [-0.2, -0.15) is 0 Å². The van der Waals surface area contributed by atoms with Gasteiger partial charge in [-0.15, -0.1) is 0 Å². The highest BCUT2D eigenvalue weighted by Gasteiger charge is 1.97. The molecule has 0 bridgehead atoms. The zero-order valence-corrected chi connectivity index (χ0v) is 11.6. The number of aryl methyl sites for hydroxylation is 2. The molecule has 1 rings (SSSR count). The Balaban J connectivity index is 2.07. The van der Waals surface area contributed by atoms with Gasteiger partial charge in [-0.25, -0.2) is 0 Å². The number of ether oxygens (including phenoxy) is 1. The third-order valence-electron chi connectivity index (χ3n) is 2.85. The van der Waals surface area contributed by atoms with Gasteiger partial charge >= 0.3 is 0 Å². The van der Waals surface area contributed by atoms with Crippen LogP contribution in [0.1, 0.15) is 30.4 Å². The van der Waals surface area contributed by atoms with Crippen molar-refractivity contribution in [2.45, 2.75) is 33.1 Å². The van der Waals surface area contributed by atoms with Crippen molar-refractivity contribution in [3.8, 4) is 5.75 Å². The number of quaternary nitrogens is 1. The molecule has 3 heteroatoms. The van der Waals surface area contributed by atoms with Gasteiger partial charge in [0.05, 0.1) is 26.3 Å². The molecular weight excluding hydrogens is 226 g/mol. The summed E-state index contributed by atoms with van der Waals surface area (Å²) in [7, 11) is 0. The number of hydrogen-bond donors (Lipinski definition) is 2. The van der Waals surface area contributed by atoms with Gasteiger partial charge in [-0.05, 0) is 56.4 Å². The summed E-state index contributed by atoms with van der Waals surface area (Å²) in [5, 5.41) is 10.8. The van der Waals surface area contributed by atoms with Crippen LogP contribution in [0.5, 0.6) is 5.75 Å². The lowest BCUT2D eigenvalue weighted by Gasteiger charge is -2.08. The summed E-state index contributed by atoms with van der Waals surface area (Å²) in [5.41, 5.74) is 2.51. The second-order valence-corrected chi connectivity index (χ2v) is 4.82. The van der Waals surface area contributed by atoms with Crippen molar-refractivity contribution in [3.05, 3.63) is 29.3 Å². The van der Waals surface area contributed by atoms with Crippen molar-refractivity contribution in [2.24, 2.45) is 0 Å². The van der Waals surface area contributed by atoms with Gasteiger partial charge in [0.15, 0.2) is 0 Å². The molecule has 0 aliphatic heterocycles. The molecule has 0 fully saturated rings. The molecule has 0 saturated heterocycles. The van der Waals surface area contributed by atoms with E-state index in [4.69, 9.17) is 9.84 Å². The van der Waals surface area contributed by atoms with Crippen LogP contribution >= 0.6 is 0 Å². The molecule has 0 atom stereocenters. The standard InChI is InChI=1S/C15H25NO2/c1-13-10-14(2)12-15(11-13)18-9-5-3-4-6-16-7-8-17/h10-12,16-17H,3-9H2,1-2H3/p+1. The third-order valence-corrected chi connectivity index (χ3v) is 2.85. The van der Waals surface area contributed by atoms with Gasteiger partial charge in [-0.3, -0.25) is 0 Å². The molecule has 0 aromatic heterocycles. The van der Waals surface area contributed by atoms with Crippen LogP contribution in [-0.4, -0.2) is 31.4 Å². The lowest BCUT2D eigenvalue weighted by atomic mass is 10.1. The van der Waals surface area contributed by atoms with Gasteiger partial charge in [0.25, 0.3) is 0 Å². The molecule has 3 N–H and O–H groups in total. The monoisotopic (exact) mass is 252 g/mol. The van der Waals surface area contributed by atoms with Gasteiger partial charge < -0.3 is 15.2 Å². The topological polar surface area (TPSA) is 46.1 Å². The number of aliphatic hydroxyl groups excluding tert-OH is 1. The molecule has 1 aromatic carbocycles.